The standard InChI is InChI=1S/C21H24ClN7O/c1-3-16-6-4-7-17(14-16)29-20(24-25-26-29)27-10-12-28(13-11-27)21(30)23-19-9-5-8-18(22)15(19)2/h4-9,14H,3,10-13H2,1-2H3,(H,23,30). The van der Waals surface area contributed by atoms with Crippen molar-refractivity contribution < 1.29 is 4.79 Å². The maximum absolute atomic E-state index is 12.7. The van der Waals surface area contributed by atoms with Crippen LogP contribution in [0.5, 0.6) is 0 Å². The zero-order valence-corrected chi connectivity index (χ0v) is 17.8. The molecule has 30 heavy (non-hydrogen) atoms. The molecule has 0 unspecified atom stereocenters. The summed E-state index contributed by atoms with van der Waals surface area (Å²) < 4.78 is 1.75. The van der Waals surface area contributed by atoms with Gasteiger partial charge in [0.2, 0.25) is 5.95 Å². The van der Waals surface area contributed by atoms with Gasteiger partial charge in [-0.3, -0.25) is 0 Å². The number of carbonyl (C=O) groups excluding carboxylic acids is 1. The van der Waals surface area contributed by atoms with Crippen LogP contribution in [-0.4, -0.2) is 57.3 Å². The predicted octanol–water partition coefficient (Wildman–Crippen LogP) is 3.54. The third-order valence-corrected chi connectivity index (χ3v) is 5.78. The highest BCUT2D eigenvalue weighted by molar-refractivity contribution is 6.31. The molecule has 0 bridgehead atoms. The van der Waals surface area contributed by atoms with Gasteiger partial charge >= 0.3 is 6.03 Å². The molecule has 1 saturated heterocycles. The summed E-state index contributed by atoms with van der Waals surface area (Å²) in [5.41, 5.74) is 3.76. The molecule has 1 aromatic heterocycles. The zero-order valence-electron chi connectivity index (χ0n) is 17.0. The molecule has 8 nitrogen and oxygen atoms in total. The summed E-state index contributed by atoms with van der Waals surface area (Å²) in [4.78, 5) is 16.6. The van der Waals surface area contributed by atoms with Crippen LogP contribution in [0.4, 0.5) is 16.4 Å². The van der Waals surface area contributed by atoms with E-state index in [0.717, 1.165) is 23.4 Å². The molecule has 2 aromatic carbocycles. The molecule has 0 aliphatic carbocycles. The van der Waals surface area contributed by atoms with Crippen LogP contribution in [0.2, 0.25) is 5.02 Å². The molecule has 4 rings (SSSR count). The number of hydrogen-bond donors (Lipinski definition) is 1. The first kappa shape index (κ1) is 20.2. The Bertz CT molecular complexity index is 1040. The SMILES string of the molecule is CCc1cccc(-n2nnnc2N2CCN(C(=O)Nc3cccc(Cl)c3C)CC2)c1. The van der Waals surface area contributed by atoms with E-state index in [4.69, 9.17) is 11.6 Å². The largest absolute Gasteiger partial charge is 0.336 e. The minimum atomic E-state index is -0.129. The summed E-state index contributed by atoms with van der Waals surface area (Å²) in [6.07, 6.45) is 0.950. The fraction of sp³-hybridized carbons (Fsp3) is 0.333. The van der Waals surface area contributed by atoms with Crippen molar-refractivity contribution in [2.75, 3.05) is 36.4 Å². The van der Waals surface area contributed by atoms with E-state index in [9.17, 15) is 4.79 Å². The van der Waals surface area contributed by atoms with Gasteiger partial charge in [0.15, 0.2) is 0 Å². The molecule has 156 valence electrons. The monoisotopic (exact) mass is 425 g/mol. The first-order chi connectivity index (χ1) is 14.6. The molecule has 1 aliphatic heterocycles. The van der Waals surface area contributed by atoms with E-state index >= 15 is 0 Å². The van der Waals surface area contributed by atoms with Crippen molar-refractivity contribution in [1.29, 1.82) is 0 Å². The Balaban J connectivity index is 1.42. The zero-order chi connectivity index (χ0) is 21.1. The van der Waals surface area contributed by atoms with Gasteiger partial charge < -0.3 is 15.1 Å². The average Bonchev–Trinajstić information content (AvgIpc) is 3.27. The van der Waals surface area contributed by atoms with Gasteiger partial charge in [0.05, 0.1) is 5.69 Å². The van der Waals surface area contributed by atoms with E-state index in [0.29, 0.717) is 37.1 Å². The molecule has 2 heterocycles. The van der Waals surface area contributed by atoms with Gasteiger partial charge in [-0.25, -0.2) is 4.79 Å². The highest BCUT2D eigenvalue weighted by Crippen LogP contribution is 2.24. The predicted molar refractivity (Wildman–Crippen MR) is 118 cm³/mol. The molecule has 2 amide bonds. The lowest BCUT2D eigenvalue weighted by molar-refractivity contribution is 0.208. The fourth-order valence-electron chi connectivity index (χ4n) is 3.50. The first-order valence-corrected chi connectivity index (χ1v) is 10.4. The average molecular weight is 426 g/mol. The molecule has 1 fully saturated rings. The quantitative estimate of drug-likeness (QED) is 0.691. The minimum absolute atomic E-state index is 0.129. The van der Waals surface area contributed by atoms with Crippen LogP contribution in [0.3, 0.4) is 0 Å². The Hall–Kier alpha value is -3.13. The maximum Gasteiger partial charge on any atom is 0.321 e. The lowest BCUT2D eigenvalue weighted by Gasteiger charge is -2.34. The van der Waals surface area contributed by atoms with Crippen molar-refractivity contribution in [1.82, 2.24) is 25.1 Å². The summed E-state index contributed by atoms with van der Waals surface area (Å²) in [5, 5.41) is 15.9. The molecule has 0 atom stereocenters. The van der Waals surface area contributed by atoms with E-state index in [1.54, 1.807) is 9.58 Å². The van der Waals surface area contributed by atoms with Gasteiger partial charge in [-0.2, -0.15) is 4.68 Å². The van der Waals surface area contributed by atoms with Crippen LogP contribution >= 0.6 is 11.6 Å². The van der Waals surface area contributed by atoms with Crippen LogP contribution in [0, 0.1) is 6.92 Å². The van der Waals surface area contributed by atoms with Gasteiger partial charge in [-0.05, 0) is 59.2 Å². The number of urea groups is 1. The fourth-order valence-corrected chi connectivity index (χ4v) is 3.68. The van der Waals surface area contributed by atoms with Gasteiger partial charge in [0.25, 0.3) is 0 Å². The number of aromatic nitrogens is 4. The molecular weight excluding hydrogens is 402 g/mol. The van der Waals surface area contributed by atoms with Gasteiger partial charge in [0.1, 0.15) is 0 Å². The number of nitrogens with one attached hydrogen (secondary N) is 1. The second-order valence-electron chi connectivity index (χ2n) is 7.23. The Labute approximate surface area is 180 Å². The first-order valence-electron chi connectivity index (χ1n) is 10.0. The Kier molecular flexibility index (Phi) is 5.85. The van der Waals surface area contributed by atoms with Gasteiger partial charge in [-0.1, -0.05) is 41.8 Å². The lowest BCUT2D eigenvalue weighted by Crippen LogP contribution is -2.50. The highest BCUT2D eigenvalue weighted by Gasteiger charge is 2.25. The Morgan fingerprint density at radius 2 is 1.90 bits per heavy atom. The van der Waals surface area contributed by atoms with Crippen LogP contribution in [0.1, 0.15) is 18.1 Å². The van der Waals surface area contributed by atoms with E-state index < -0.39 is 0 Å². The molecule has 0 saturated carbocycles. The number of hydrogen-bond acceptors (Lipinski definition) is 5. The smallest absolute Gasteiger partial charge is 0.321 e. The molecular formula is C21H24ClN7O. The van der Waals surface area contributed by atoms with Crippen molar-refractivity contribution in [2.24, 2.45) is 0 Å². The van der Waals surface area contributed by atoms with Crippen LogP contribution in [-0.2, 0) is 6.42 Å². The minimum Gasteiger partial charge on any atom is -0.336 e. The van der Waals surface area contributed by atoms with Crippen LogP contribution in [0.15, 0.2) is 42.5 Å². The van der Waals surface area contributed by atoms with Crippen LogP contribution < -0.4 is 10.2 Å². The summed E-state index contributed by atoms with van der Waals surface area (Å²) in [5.74, 6) is 0.689. The van der Waals surface area contributed by atoms with Gasteiger partial charge in [-0.15, -0.1) is 0 Å². The molecule has 1 N–H and O–H groups in total. The maximum atomic E-state index is 12.7. The summed E-state index contributed by atoms with van der Waals surface area (Å²) >= 11 is 6.15. The van der Waals surface area contributed by atoms with Crippen LogP contribution in [0.25, 0.3) is 5.69 Å². The van der Waals surface area contributed by atoms with E-state index in [2.05, 4.69) is 44.8 Å². The highest BCUT2D eigenvalue weighted by atomic mass is 35.5. The van der Waals surface area contributed by atoms with E-state index in [1.165, 1.54) is 5.56 Å². The third-order valence-electron chi connectivity index (χ3n) is 5.38. The number of tetrazole rings is 1. The van der Waals surface area contributed by atoms with Crippen molar-refractivity contribution >= 4 is 29.3 Å². The Morgan fingerprint density at radius 1 is 1.13 bits per heavy atom. The number of amides is 2. The second kappa shape index (κ2) is 8.71. The van der Waals surface area contributed by atoms with Crippen molar-refractivity contribution in [3.63, 3.8) is 0 Å². The van der Waals surface area contributed by atoms with E-state index in [-0.39, 0.29) is 6.03 Å². The molecule has 0 spiro atoms. The number of benzene rings is 2. The Morgan fingerprint density at radius 3 is 2.67 bits per heavy atom. The number of rotatable bonds is 4. The summed E-state index contributed by atoms with van der Waals surface area (Å²) in [6.45, 7) is 6.46. The van der Waals surface area contributed by atoms with Crippen molar-refractivity contribution in [3.05, 3.63) is 58.6 Å². The van der Waals surface area contributed by atoms with Crippen molar-refractivity contribution in [2.45, 2.75) is 20.3 Å². The number of nitrogens with zero attached hydrogens (tertiary/aromatic N) is 6. The van der Waals surface area contributed by atoms with E-state index in [1.807, 2.05) is 37.3 Å². The number of halogens is 1. The summed E-state index contributed by atoms with van der Waals surface area (Å²) in [6, 6.07) is 13.6. The summed E-state index contributed by atoms with van der Waals surface area (Å²) in [7, 11) is 0. The van der Waals surface area contributed by atoms with Crippen molar-refractivity contribution in [3.8, 4) is 5.69 Å². The normalized spacial score (nSPS) is 14.1. The lowest BCUT2D eigenvalue weighted by atomic mass is 10.1. The number of carbonyl (C=O) groups is 1. The second-order valence-corrected chi connectivity index (χ2v) is 7.64. The molecule has 9 heteroatoms. The van der Waals surface area contributed by atoms with Gasteiger partial charge in [0, 0.05) is 36.9 Å². The topological polar surface area (TPSA) is 79.2 Å². The third kappa shape index (κ3) is 4.09. The molecule has 3 aromatic rings. The molecule has 1 aliphatic rings. The molecule has 0 radical (unpaired) electrons. The number of piperazine rings is 1. The number of aryl methyl sites for hydroxylation is 1. The number of anilines is 2.